The molecule has 0 unspecified atom stereocenters. The highest BCUT2D eigenvalue weighted by Gasteiger charge is 2.09. The molecule has 2 aromatic rings. The second-order valence-electron chi connectivity index (χ2n) is 4.49. The fourth-order valence-corrected chi connectivity index (χ4v) is 2.40. The molecule has 21 heavy (non-hydrogen) atoms. The van der Waals surface area contributed by atoms with Crippen molar-refractivity contribution in [3.8, 4) is 0 Å². The van der Waals surface area contributed by atoms with E-state index in [-0.39, 0.29) is 18.9 Å². The number of halogens is 1. The second kappa shape index (κ2) is 6.66. The number of hydrogen-bond donors (Lipinski definition) is 2. The van der Waals surface area contributed by atoms with Gasteiger partial charge in [0.2, 0.25) is 5.91 Å². The van der Waals surface area contributed by atoms with E-state index in [0.29, 0.717) is 5.69 Å². The molecular formula is C13H13IN4O3. The van der Waals surface area contributed by atoms with Crippen molar-refractivity contribution < 1.29 is 14.7 Å². The Kier molecular flexibility index (Phi) is 4.89. The molecule has 1 aromatic carbocycles. The highest BCUT2D eigenvalue weighted by Crippen LogP contribution is 2.17. The maximum Gasteiger partial charge on any atom is 0.309 e. The predicted molar refractivity (Wildman–Crippen MR) is 83.9 cm³/mol. The number of carbonyl (C=O) groups is 2. The maximum atomic E-state index is 11.9. The van der Waals surface area contributed by atoms with E-state index >= 15 is 0 Å². The summed E-state index contributed by atoms with van der Waals surface area (Å²) >= 11 is 2.20. The Morgan fingerprint density at radius 2 is 2.19 bits per heavy atom. The molecule has 1 aromatic heterocycles. The lowest BCUT2D eigenvalue weighted by atomic mass is 10.2. The molecule has 0 atom stereocenters. The summed E-state index contributed by atoms with van der Waals surface area (Å²) in [5, 5.41) is 18.9. The fraction of sp³-hybridized carbons (Fsp3) is 0.231. The number of amides is 1. The summed E-state index contributed by atoms with van der Waals surface area (Å²) in [7, 11) is 0. The Balaban J connectivity index is 1.98. The third-order valence-corrected chi connectivity index (χ3v) is 3.36. The lowest BCUT2D eigenvalue weighted by Crippen LogP contribution is -2.19. The van der Waals surface area contributed by atoms with Crippen molar-refractivity contribution >= 4 is 40.2 Å². The summed E-state index contributed by atoms with van der Waals surface area (Å²) in [4.78, 5) is 22.5. The molecule has 1 amide bonds. The summed E-state index contributed by atoms with van der Waals surface area (Å²) in [5.74, 6) is -1.23. The van der Waals surface area contributed by atoms with Gasteiger partial charge in [-0.3, -0.25) is 9.59 Å². The second-order valence-corrected chi connectivity index (χ2v) is 5.73. The van der Waals surface area contributed by atoms with Crippen LogP contribution in [-0.2, 0) is 22.6 Å². The number of hydrogen-bond acceptors (Lipinski definition) is 4. The normalized spacial score (nSPS) is 10.4. The molecule has 0 radical (unpaired) electrons. The van der Waals surface area contributed by atoms with Crippen molar-refractivity contribution in [2.24, 2.45) is 0 Å². The van der Waals surface area contributed by atoms with Crippen molar-refractivity contribution in [3.63, 3.8) is 0 Å². The molecule has 2 rings (SSSR count). The SMILES string of the molecule is Cc1cc(I)ccc1NC(=O)Cn1cc(CC(=O)O)nn1. The van der Waals surface area contributed by atoms with Crippen molar-refractivity contribution in [1.82, 2.24) is 15.0 Å². The first-order valence-electron chi connectivity index (χ1n) is 6.11. The first kappa shape index (κ1) is 15.4. The van der Waals surface area contributed by atoms with Gasteiger partial charge >= 0.3 is 5.97 Å². The lowest BCUT2D eigenvalue weighted by molar-refractivity contribution is -0.136. The number of benzene rings is 1. The number of rotatable bonds is 5. The Hall–Kier alpha value is -1.97. The van der Waals surface area contributed by atoms with Crippen LogP contribution in [0.2, 0.25) is 0 Å². The smallest absolute Gasteiger partial charge is 0.309 e. The molecule has 110 valence electrons. The number of carboxylic acid groups (broad SMARTS) is 1. The van der Waals surface area contributed by atoms with Crippen LogP contribution in [0.5, 0.6) is 0 Å². The van der Waals surface area contributed by atoms with Gasteiger partial charge in [0.25, 0.3) is 0 Å². The number of anilines is 1. The third-order valence-electron chi connectivity index (χ3n) is 2.69. The van der Waals surface area contributed by atoms with Gasteiger partial charge in [-0.05, 0) is 53.3 Å². The van der Waals surface area contributed by atoms with E-state index in [2.05, 4.69) is 38.2 Å². The van der Waals surface area contributed by atoms with E-state index in [4.69, 9.17) is 5.11 Å². The van der Waals surface area contributed by atoms with Crippen molar-refractivity contribution in [2.45, 2.75) is 19.9 Å². The summed E-state index contributed by atoms with van der Waals surface area (Å²) in [6.45, 7) is 1.90. The Morgan fingerprint density at radius 3 is 2.86 bits per heavy atom. The van der Waals surface area contributed by atoms with Crippen molar-refractivity contribution in [3.05, 3.63) is 39.2 Å². The van der Waals surface area contributed by atoms with Crippen LogP contribution in [0.3, 0.4) is 0 Å². The van der Waals surface area contributed by atoms with Crippen LogP contribution in [0.4, 0.5) is 5.69 Å². The molecule has 0 saturated heterocycles. The quantitative estimate of drug-likeness (QED) is 0.741. The third kappa shape index (κ3) is 4.52. The Morgan fingerprint density at radius 1 is 1.43 bits per heavy atom. The van der Waals surface area contributed by atoms with E-state index in [1.54, 1.807) is 0 Å². The van der Waals surface area contributed by atoms with Gasteiger partial charge < -0.3 is 10.4 Å². The molecule has 0 aliphatic heterocycles. The zero-order valence-corrected chi connectivity index (χ0v) is 13.4. The van der Waals surface area contributed by atoms with Crippen LogP contribution in [0, 0.1) is 10.5 Å². The van der Waals surface area contributed by atoms with Gasteiger partial charge in [-0.2, -0.15) is 0 Å². The number of nitrogens with zero attached hydrogens (tertiary/aromatic N) is 3. The average molecular weight is 400 g/mol. The molecule has 2 N–H and O–H groups in total. The maximum absolute atomic E-state index is 11.9. The van der Waals surface area contributed by atoms with Gasteiger partial charge in [-0.15, -0.1) is 5.10 Å². The van der Waals surface area contributed by atoms with Gasteiger partial charge in [-0.1, -0.05) is 5.21 Å². The number of aromatic nitrogens is 3. The number of carboxylic acids is 1. The van der Waals surface area contributed by atoms with E-state index in [1.165, 1.54) is 10.9 Å². The number of aryl methyl sites for hydroxylation is 1. The van der Waals surface area contributed by atoms with Crippen molar-refractivity contribution in [2.75, 3.05) is 5.32 Å². The van der Waals surface area contributed by atoms with E-state index in [9.17, 15) is 9.59 Å². The molecule has 0 fully saturated rings. The molecular weight excluding hydrogens is 387 g/mol. The largest absolute Gasteiger partial charge is 0.481 e. The van der Waals surface area contributed by atoms with Gasteiger partial charge in [0.1, 0.15) is 6.54 Å². The van der Waals surface area contributed by atoms with E-state index in [1.807, 2.05) is 25.1 Å². The molecule has 0 bridgehead atoms. The Bertz CT molecular complexity index is 684. The number of nitrogens with one attached hydrogen (secondary N) is 1. The first-order chi connectivity index (χ1) is 9.94. The summed E-state index contributed by atoms with van der Waals surface area (Å²) in [6.07, 6.45) is 1.24. The summed E-state index contributed by atoms with van der Waals surface area (Å²) < 4.78 is 2.41. The fourth-order valence-electron chi connectivity index (χ4n) is 1.76. The minimum absolute atomic E-state index is 0.0158. The number of carbonyl (C=O) groups excluding carboxylic acids is 1. The highest BCUT2D eigenvalue weighted by atomic mass is 127. The highest BCUT2D eigenvalue weighted by molar-refractivity contribution is 14.1. The zero-order valence-electron chi connectivity index (χ0n) is 11.2. The molecule has 0 aliphatic carbocycles. The molecule has 0 spiro atoms. The van der Waals surface area contributed by atoms with Crippen molar-refractivity contribution in [1.29, 1.82) is 0 Å². The lowest BCUT2D eigenvalue weighted by Gasteiger charge is -2.08. The van der Waals surface area contributed by atoms with Crippen LogP contribution in [-0.4, -0.2) is 32.0 Å². The van der Waals surface area contributed by atoms with E-state index < -0.39 is 5.97 Å². The minimum Gasteiger partial charge on any atom is -0.481 e. The topological polar surface area (TPSA) is 97.1 Å². The predicted octanol–water partition coefficient (Wildman–Crippen LogP) is 1.46. The van der Waals surface area contributed by atoms with Gasteiger partial charge in [0, 0.05) is 15.5 Å². The van der Waals surface area contributed by atoms with Crippen LogP contribution >= 0.6 is 22.6 Å². The molecule has 0 aliphatic rings. The van der Waals surface area contributed by atoms with E-state index in [0.717, 1.165) is 14.8 Å². The Labute approximate surface area is 134 Å². The molecule has 7 nitrogen and oxygen atoms in total. The summed E-state index contributed by atoms with van der Waals surface area (Å²) in [6, 6.07) is 5.71. The average Bonchev–Trinajstić information content (AvgIpc) is 2.79. The zero-order chi connectivity index (χ0) is 15.4. The first-order valence-corrected chi connectivity index (χ1v) is 7.18. The number of aliphatic carboxylic acids is 1. The van der Waals surface area contributed by atoms with Crippen LogP contribution < -0.4 is 5.32 Å². The monoisotopic (exact) mass is 400 g/mol. The van der Waals surface area contributed by atoms with Crippen LogP contribution in [0.25, 0.3) is 0 Å². The van der Waals surface area contributed by atoms with Crippen LogP contribution in [0.15, 0.2) is 24.4 Å². The standard InChI is InChI=1S/C13H13IN4O3/c1-8-4-9(14)2-3-11(8)15-12(19)7-18-6-10(16-17-18)5-13(20)21/h2-4,6H,5,7H2,1H3,(H,15,19)(H,20,21). The van der Waals surface area contributed by atoms with Gasteiger partial charge in [0.05, 0.1) is 12.1 Å². The molecule has 8 heteroatoms. The minimum atomic E-state index is -0.985. The summed E-state index contributed by atoms with van der Waals surface area (Å²) in [5.41, 5.74) is 2.03. The molecule has 1 heterocycles. The van der Waals surface area contributed by atoms with Crippen LogP contribution in [0.1, 0.15) is 11.3 Å². The molecule has 0 saturated carbocycles. The van der Waals surface area contributed by atoms with Gasteiger partial charge in [0.15, 0.2) is 0 Å². The van der Waals surface area contributed by atoms with Gasteiger partial charge in [-0.25, -0.2) is 4.68 Å².